The monoisotopic (exact) mass is 317 g/mol. The van der Waals surface area contributed by atoms with E-state index in [-0.39, 0.29) is 0 Å². The molecule has 0 aromatic carbocycles. The van der Waals surface area contributed by atoms with Gasteiger partial charge in [-0.25, -0.2) is 0 Å². The molecule has 1 aromatic rings. The molecule has 5 heteroatoms. The number of rotatable bonds is 3. The molecule has 1 aliphatic rings. The van der Waals surface area contributed by atoms with Gasteiger partial charge in [0.1, 0.15) is 0 Å². The summed E-state index contributed by atoms with van der Waals surface area (Å²) < 4.78 is 0.832. The van der Waals surface area contributed by atoms with E-state index in [1.165, 1.54) is 19.4 Å². The zero-order valence-corrected chi connectivity index (χ0v) is 12.5. The van der Waals surface area contributed by atoms with Crippen LogP contribution in [0, 0.1) is 0 Å². The molecule has 0 N–H and O–H groups in total. The van der Waals surface area contributed by atoms with Gasteiger partial charge in [-0.2, -0.15) is 5.10 Å². The molecule has 94 valence electrons. The van der Waals surface area contributed by atoms with Gasteiger partial charge in [-0.15, -0.1) is 5.10 Å². The summed E-state index contributed by atoms with van der Waals surface area (Å²) in [5.74, 6) is 0. The van der Waals surface area contributed by atoms with Crippen LogP contribution in [-0.2, 0) is 6.42 Å². The molecule has 1 atom stereocenters. The van der Waals surface area contributed by atoms with Gasteiger partial charge < -0.3 is 0 Å². The maximum atomic E-state index is 5.85. The van der Waals surface area contributed by atoms with Crippen LogP contribution in [0.1, 0.15) is 32.4 Å². The van der Waals surface area contributed by atoms with Crippen LogP contribution in [0.5, 0.6) is 0 Å². The molecule has 0 aliphatic carbocycles. The van der Waals surface area contributed by atoms with E-state index >= 15 is 0 Å². The van der Waals surface area contributed by atoms with Crippen molar-refractivity contribution in [1.29, 1.82) is 0 Å². The van der Waals surface area contributed by atoms with Crippen molar-refractivity contribution < 1.29 is 0 Å². The van der Waals surface area contributed by atoms with E-state index in [1.54, 1.807) is 0 Å². The van der Waals surface area contributed by atoms with E-state index in [1.807, 2.05) is 6.07 Å². The molecule has 2 rings (SSSR count). The number of hydrogen-bond acceptors (Lipinski definition) is 3. The Kier molecular flexibility index (Phi) is 4.39. The molecule has 1 unspecified atom stereocenters. The third-order valence-electron chi connectivity index (χ3n) is 3.29. The molecule has 0 spiro atoms. The van der Waals surface area contributed by atoms with Gasteiger partial charge in [-0.1, -0.05) is 11.6 Å². The molecule has 1 aromatic heterocycles. The Balaban J connectivity index is 2.07. The average Bonchev–Trinajstić information content (AvgIpc) is 2.72. The van der Waals surface area contributed by atoms with Gasteiger partial charge in [0.05, 0.1) is 10.2 Å². The first-order valence-electron chi connectivity index (χ1n) is 6.01. The standard InChI is InChI=1S/C12H17BrClN3/c1-8(2)17-5-3-4-10(17)6-9-7-11(13)12(14)16-15-9/h7-8,10H,3-6H2,1-2H3. The lowest BCUT2D eigenvalue weighted by Gasteiger charge is -2.27. The first-order valence-corrected chi connectivity index (χ1v) is 7.18. The Morgan fingerprint density at radius 1 is 1.53 bits per heavy atom. The van der Waals surface area contributed by atoms with Crippen molar-refractivity contribution in [3.8, 4) is 0 Å². The molecule has 1 saturated heterocycles. The van der Waals surface area contributed by atoms with Crippen LogP contribution in [-0.4, -0.2) is 33.7 Å². The topological polar surface area (TPSA) is 29.0 Å². The van der Waals surface area contributed by atoms with Crippen LogP contribution in [0.3, 0.4) is 0 Å². The van der Waals surface area contributed by atoms with E-state index in [4.69, 9.17) is 11.6 Å². The number of nitrogens with zero attached hydrogens (tertiary/aromatic N) is 3. The fraction of sp³-hybridized carbons (Fsp3) is 0.667. The van der Waals surface area contributed by atoms with Crippen molar-refractivity contribution >= 4 is 27.5 Å². The summed E-state index contributed by atoms with van der Waals surface area (Å²) in [4.78, 5) is 2.55. The minimum absolute atomic E-state index is 0.431. The van der Waals surface area contributed by atoms with Gasteiger partial charge in [0.2, 0.25) is 0 Å². The van der Waals surface area contributed by atoms with Crippen molar-refractivity contribution in [1.82, 2.24) is 15.1 Å². The van der Waals surface area contributed by atoms with Gasteiger partial charge in [-0.3, -0.25) is 4.90 Å². The second-order valence-corrected chi connectivity index (χ2v) is 6.02. The average molecular weight is 319 g/mol. The largest absolute Gasteiger partial charge is 0.298 e. The summed E-state index contributed by atoms with van der Waals surface area (Å²) in [5.41, 5.74) is 1.01. The Bertz CT molecular complexity index is 397. The molecule has 0 amide bonds. The summed E-state index contributed by atoms with van der Waals surface area (Å²) in [6, 6.07) is 3.18. The Morgan fingerprint density at radius 2 is 2.29 bits per heavy atom. The number of aromatic nitrogens is 2. The number of halogens is 2. The Hall–Kier alpha value is -0.190. The molecule has 0 bridgehead atoms. The molecule has 3 nitrogen and oxygen atoms in total. The molecular weight excluding hydrogens is 302 g/mol. The zero-order valence-electron chi connectivity index (χ0n) is 10.2. The molecule has 17 heavy (non-hydrogen) atoms. The second kappa shape index (κ2) is 5.63. The van der Waals surface area contributed by atoms with Crippen LogP contribution in [0.4, 0.5) is 0 Å². The van der Waals surface area contributed by atoms with Gasteiger partial charge in [-0.05, 0) is 55.2 Å². The van der Waals surface area contributed by atoms with Gasteiger partial charge in [0.25, 0.3) is 0 Å². The summed E-state index contributed by atoms with van der Waals surface area (Å²) >= 11 is 9.24. The Labute approximate surface area is 116 Å². The summed E-state index contributed by atoms with van der Waals surface area (Å²) in [6.07, 6.45) is 3.49. The fourth-order valence-corrected chi connectivity index (χ4v) is 2.92. The maximum absolute atomic E-state index is 5.85. The SMILES string of the molecule is CC(C)N1CCCC1Cc1cc(Br)c(Cl)nn1. The highest BCUT2D eigenvalue weighted by molar-refractivity contribution is 9.10. The highest BCUT2D eigenvalue weighted by atomic mass is 79.9. The normalized spacial score (nSPS) is 21.4. The fourth-order valence-electron chi connectivity index (χ4n) is 2.49. The number of likely N-dealkylation sites (tertiary alicyclic amines) is 1. The first kappa shape index (κ1) is 13.2. The lowest BCUT2D eigenvalue weighted by atomic mass is 10.1. The highest BCUT2D eigenvalue weighted by Crippen LogP contribution is 2.25. The van der Waals surface area contributed by atoms with Crippen molar-refractivity contribution in [3.05, 3.63) is 21.4 Å². The van der Waals surface area contributed by atoms with Crippen LogP contribution >= 0.6 is 27.5 Å². The van der Waals surface area contributed by atoms with E-state index in [2.05, 4.69) is 44.9 Å². The van der Waals surface area contributed by atoms with E-state index in [9.17, 15) is 0 Å². The molecular formula is C12H17BrClN3. The van der Waals surface area contributed by atoms with Crippen molar-refractivity contribution in [3.63, 3.8) is 0 Å². The summed E-state index contributed by atoms with van der Waals surface area (Å²) in [7, 11) is 0. The van der Waals surface area contributed by atoms with Gasteiger partial charge in [0, 0.05) is 18.5 Å². The smallest absolute Gasteiger partial charge is 0.165 e. The highest BCUT2D eigenvalue weighted by Gasteiger charge is 2.27. The van der Waals surface area contributed by atoms with Crippen molar-refractivity contribution in [2.24, 2.45) is 0 Å². The molecule has 0 saturated carbocycles. The third kappa shape index (κ3) is 3.18. The minimum atomic E-state index is 0.431. The molecule has 1 aliphatic heterocycles. The zero-order chi connectivity index (χ0) is 12.4. The third-order valence-corrected chi connectivity index (χ3v) is 4.40. The van der Waals surface area contributed by atoms with Crippen LogP contribution in [0.2, 0.25) is 5.15 Å². The van der Waals surface area contributed by atoms with Gasteiger partial charge in [0.15, 0.2) is 5.15 Å². The lowest BCUT2D eigenvalue weighted by Crippen LogP contribution is -2.36. The summed E-state index contributed by atoms with van der Waals surface area (Å²) in [6.45, 7) is 5.70. The quantitative estimate of drug-likeness (QED) is 0.856. The van der Waals surface area contributed by atoms with E-state index < -0.39 is 0 Å². The first-order chi connectivity index (χ1) is 8.08. The molecule has 1 fully saturated rings. The van der Waals surface area contributed by atoms with Crippen LogP contribution in [0.15, 0.2) is 10.5 Å². The predicted molar refractivity (Wildman–Crippen MR) is 73.3 cm³/mol. The minimum Gasteiger partial charge on any atom is -0.298 e. The van der Waals surface area contributed by atoms with Gasteiger partial charge >= 0.3 is 0 Å². The maximum Gasteiger partial charge on any atom is 0.165 e. The molecule has 2 heterocycles. The lowest BCUT2D eigenvalue weighted by molar-refractivity contribution is 0.201. The second-order valence-electron chi connectivity index (χ2n) is 4.81. The van der Waals surface area contributed by atoms with E-state index in [0.717, 1.165) is 16.6 Å². The summed E-state index contributed by atoms with van der Waals surface area (Å²) in [5, 5.41) is 8.53. The van der Waals surface area contributed by atoms with Crippen molar-refractivity contribution in [2.75, 3.05) is 6.54 Å². The van der Waals surface area contributed by atoms with Crippen molar-refractivity contribution in [2.45, 2.75) is 45.2 Å². The van der Waals surface area contributed by atoms with Crippen LogP contribution in [0.25, 0.3) is 0 Å². The Morgan fingerprint density at radius 3 is 2.94 bits per heavy atom. The molecule has 0 radical (unpaired) electrons. The van der Waals surface area contributed by atoms with E-state index in [0.29, 0.717) is 17.2 Å². The predicted octanol–water partition coefficient (Wildman–Crippen LogP) is 3.31. The van der Waals surface area contributed by atoms with Crippen LogP contribution < -0.4 is 0 Å². The number of hydrogen-bond donors (Lipinski definition) is 0.